The van der Waals surface area contributed by atoms with E-state index in [0.717, 1.165) is 13.1 Å². The Hall–Kier alpha value is -0.200. The van der Waals surface area contributed by atoms with Crippen molar-refractivity contribution in [1.29, 1.82) is 0 Å². The van der Waals surface area contributed by atoms with Gasteiger partial charge in [-0.2, -0.15) is 0 Å². The summed E-state index contributed by atoms with van der Waals surface area (Å²) in [5.74, 6) is 0. The van der Waals surface area contributed by atoms with Gasteiger partial charge in [0.05, 0.1) is 33.4 Å². The summed E-state index contributed by atoms with van der Waals surface area (Å²) < 4.78 is 0.669. The molecule has 0 aliphatic heterocycles. The van der Waals surface area contributed by atoms with E-state index >= 15 is 0 Å². The van der Waals surface area contributed by atoms with Gasteiger partial charge in [-0.3, -0.25) is 4.90 Å². The Balaban J connectivity index is 3.93. The minimum absolute atomic E-state index is 0.139. The van der Waals surface area contributed by atoms with Crippen molar-refractivity contribution in [1.82, 2.24) is 4.90 Å². The summed E-state index contributed by atoms with van der Waals surface area (Å²) in [5.41, 5.74) is 0. The molecule has 0 spiro atoms. The van der Waals surface area contributed by atoms with Crippen LogP contribution < -0.4 is 0 Å². The van der Waals surface area contributed by atoms with Gasteiger partial charge in [-0.25, -0.2) is 0 Å². The molecule has 0 unspecified atom stereocenters. The zero-order valence-corrected chi connectivity index (χ0v) is 9.89. The lowest BCUT2D eigenvalue weighted by Crippen LogP contribution is -2.51. The highest BCUT2D eigenvalue weighted by atomic mass is 16.3. The first kappa shape index (κ1) is 14.8. The fourth-order valence-electron chi connectivity index (χ4n) is 1.51. The van der Waals surface area contributed by atoms with Gasteiger partial charge in [0.1, 0.15) is 13.1 Å². The summed E-state index contributed by atoms with van der Waals surface area (Å²) in [6, 6.07) is 0. The van der Waals surface area contributed by atoms with Gasteiger partial charge in [-0.1, -0.05) is 0 Å². The Morgan fingerprint density at radius 3 is 1.80 bits per heavy atom. The molecule has 0 aromatic rings. The molecule has 0 aliphatic carbocycles. The second-order valence-electron chi connectivity index (χ2n) is 4.26. The lowest BCUT2D eigenvalue weighted by Gasteiger charge is -2.34. The van der Waals surface area contributed by atoms with Gasteiger partial charge in [0, 0.05) is 13.1 Å². The summed E-state index contributed by atoms with van der Waals surface area (Å²) >= 11 is 0. The standard InChI is InChI=1S/C10H25N2O3/c1-11(4-8-13)3-5-12(2,6-9-14)7-10-15/h13-15H,3-10H2,1-2H3/q+1. The number of quaternary nitrogens is 1. The molecule has 0 saturated heterocycles. The van der Waals surface area contributed by atoms with Crippen LogP contribution in [0.25, 0.3) is 0 Å². The molecule has 0 amide bonds. The van der Waals surface area contributed by atoms with Gasteiger partial charge in [0.2, 0.25) is 0 Å². The summed E-state index contributed by atoms with van der Waals surface area (Å²) in [7, 11) is 3.98. The molecular weight excluding hydrogens is 196 g/mol. The van der Waals surface area contributed by atoms with Gasteiger partial charge < -0.3 is 19.8 Å². The molecule has 0 aromatic heterocycles. The number of rotatable bonds is 9. The van der Waals surface area contributed by atoms with E-state index in [1.54, 1.807) is 0 Å². The third-order valence-corrected chi connectivity index (χ3v) is 2.78. The second-order valence-corrected chi connectivity index (χ2v) is 4.26. The molecule has 0 aromatic carbocycles. The highest BCUT2D eigenvalue weighted by Gasteiger charge is 2.20. The van der Waals surface area contributed by atoms with Crippen molar-refractivity contribution in [3.8, 4) is 0 Å². The molecule has 0 radical (unpaired) electrons. The van der Waals surface area contributed by atoms with E-state index in [-0.39, 0.29) is 19.8 Å². The second kappa shape index (κ2) is 8.01. The molecule has 0 fully saturated rings. The van der Waals surface area contributed by atoms with Crippen LogP contribution in [0.5, 0.6) is 0 Å². The van der Waals surface area contributed by atoms with Crippen LogP contribution in [0.1, 0.15) is 0 Å². The van der Waals surface area contributed by atoms with E-state index in [1.807, 2.05) is 19.0 Å². The lowest BCUT2D eigenvalue weighted by molar-refractivity contribution is -0.909. The molecule has 92 valence electrons. The molecule has 5 heteroatoms. The minimum Gasteiger partial charge on any atom is -0.395 e. The molecular formula is C10H25N2O3+. The summed E-state index contributed by atoms with van der Waals surface area (Å²) in [5, 5.41) is 26.6. The highest BCUT2D eigenvalue weighted by molar-refractivity contribution is 4.50. The predicted molar refractivity (Wildman–Crippen MR) is 59.5 cm³/mol. The molecule has 0 bridgehead atoms. The van der Waals surface area contributed by atoms with E-state index in [2.05, 4.69) is 0 Å². The molecule has 0 saturated carbocycles. The molecule has 0 atom stereocenters. The van der Waals surface area contributed by atoms with Crippen LogP contribution in [0.15, 0.2) is 0 Å². The zero-order chi connectivity index (χ0) is 11.7. The van der Waals surface area contributed by atoms with Crippen LogP contribution in [0.3, 0.4) is 0 Å². The van der Waals surface area contributed by atoms with Crippen molar-refractivity contribution in [2.24, 2.45) is 0 Å². The number of hydrogen-bond donors (Lipinski definition) is 3. The first-order valence-corrected chi connectivity index (χ1v) is 5.42. The Morgan fingerprint density at radius 1 is 0.867 bits per heavy atom. The first-order valence-electron chi connectivity index (χ1n) is 5.42. The van der Waals surface area contributed by atoms with Gasteiger partial charge >= 0.3 is 0 Å². The quantitative estimate of drug-likeness (QED) is 0.408. The molecule has 0 aliphatic rings. The third-order valence-electron chi connectivity index (χ3n) is 2.78. The smallest absolute Gasteiger partial charge is 0.102 e. The van der Waals surface area contributed by atoms with Gasteiger partial charge in [0.25, 0.3) is 0 Å². The Morgan fingerprint density at radius 2 is 1.40 bits per heavy atom. The third kappa shape index (κ3) is 6.81. The fourth-order valence-corrected chi connectivity index (χ4v) is 1.51. The van der Waals surface area contributed by atoms with Crippen LogP contribution in [0.2, 0.25) is 0 Å². The van der Waals surface area contributed by atoms with E-state index in [9.17, 15) is 0 Å². The SMILES string of the molecule is CN(CCO)CC[N+](C)(CCO)CCO. The average molecular weight is 221 g/mol. The van der Waals surface area contributed by atoms with E-state index in [1.165, 1.54) is 0 Å². The fraction of sp³-hybridized carbons (Fsp3) is 1.00. The number of hydrogen-bond acceptors (Lipinski definition) is 4. The average Bonchev–Trinajstić information content (AvgIpc) is 2.16. The van der Waals surface area contributed by atoms with E-state index in [4.69, 9.17) is 15.3 Å². The Kier molecular flexibility index (Phi) is 7.90. The largest absolute Gasteiger partial charge is 0.395 e. The predicted octanol–water partition coefficient (Wildman–Crippen LogP) is -1.66. The maximum atomic E-state index is 8.95. The van der Waals surface area contributed by atoms with Gasteiger partial charge in [-0.05, 0) is 7.05 Å². The van der Waals surface area contributed by atoms with Gasteiger partial charge in [0.15, 0.2) is 0 Å². The van der Waals surface area contributed by atoms with Crippen LogP contribution in [-0.2, 0) is 0 Å². The summed E-state index contributed by atoms with van der Waals surface area (Å²) in [4.78, 5) is 2.05. The van der Waals surface area contributed by atoms with E-state index in [0.29, 0.717) is 24.1 Å². The number of likely N-dealkylation sites (N-methyl/N-ethyl adjacent to an activating group) is 2. The first-order chi connectivity index (χ1) is 7.08. The van der Waals surface area contributed by atoms with Crippen LogP contribution >= 0.6 is 0 Å². The summed E-state index contributed by atoms with van der Waals surface area (Å²) in [6.07, 6.45) is 0. The molecule has 0 heterocycles. The van der Waals surface area contributed by atoms with Crippen molar-refractivity contribution < 1.29 is 19.8 Å². The zero-order valence-electron chi connectivity index (χ0n) is 9.89. The van der Waals surface area contributed by atoms with Crippen molar-refractivity contribution >= 4 is 0 Å². The van der Waals surface area contributed by atoms with Crippen molar-refractivity contribution in [3.63, 3.8) is 0 Å². The van der Waals surface area contributed by atoms with Crippen LogP contribution in [0, 0.1) is 0 Å². The number of aliphatic hydroxyl groups is 3. The maximum absolute atomic E-state index is 8.95. The van der Waals surface area contributed by atoms with Crippen molar-refractivity contribution in [2.75, 3.05) is 66.6 Å². The van der Waals surface area contributed by atoms with E-state index < -0.39 is 0 Å². The van der Waals surface area contributed by atoms with Crippen LogP contribution in [0.4, 0.5) is 0 Å². The molecule has 0 rings (SSSR count). The molecule has 15 heavy (non-hydrogen) atoms. The molecule has 5 nitrogen and oxygen atoms in total. The molecule has 3 N–H and O–H groups in total. The van der Waals surface area contributed by atoms with Crippen molar-refractivity contribution in [3.05, 3.63) is 0 Å². The number of nitrogens with zero attached hydrogens (tertiary/aromatic N) is 2. The van der Waals surface area contributed by atoms with Crippen molar-refractivity contribution in [2.45, 2.75) is 0 Å². The Labute approximate surface area is 92.1 Å². The number of aliphatic hydroxyl groups excluding tert-OH is 3. The highest BCUT2D eigenvalue weighted by Crippen LogP contribution is 2.01. The lowest BCUT2D eigenvalue weighted by atomic mass is 10.3. The van der Waals surface area contributed by atoms with Gasteiger partial charge in [-0.15, -0.1) is 0 Å². The minimum atomic E-state index is 0.139. The summed E-state index contributed by atoms with van der Waals surface area (Å²) in [6.45, 7) is 4.16. The maximum Gasteiger partial charge on any atom is 0.102 e. The monoisotopic (exact) mass is 221 g/mol. The topological polar surface area (TPSA) is 63.9 Å². The normalized spacial score (nSPS) is 12.4. The Bertz CT molecular complexity index is 150. The van der Waals surface area contributed by atoms with Crippen LogP contribution in [-0.4, -0.2) is 91.3 Å².